The van der Waals surface area contributed by atoms with E-state index in [0.29, 0.717) is 0 Å². The maximum Gasteiger partial charge on any atom is 0.0787 e. The van der Waals surface area contributed by atoms with Gasteiger partial charge in [-0.15, -0.1) is 0 Å². The summed E-state index contributed by atoms with van der Waals surface area (Å²) in [5.74, 6) is 0. The maximum atomic E-state index is 2.49. The van der Waals surface area contributed by atoms with Crippen LogP contribution in [0.2, 0.25) is 0 Å². The molecule has 2 heteroatoms. The lowest BCUT2D eigenvalue weighted by Crippen LogP contribution is -2.51. The van der Waals surface area contributed by atoms with Crippen LogP contribution < -0.4 is 9.80 Å². The molecule has 0 heterocycles. The smallest absolute Gasteiger partial charge is 0.0787 e. The average molecular weight is 469 g/mol. The van der Waals surface area contributed by atoms with Crippen LogP contribution in [0.3, 0.4) is 0 Å². The number of allylic oxidation sites excluding steroid dienone is 2. The number of para-hydroxylation sites is 2. The summed E-state index contributed by atoms with van der Waals surface area (Å²) < 4.78 is 0. The number of rotatable bonds is 7. The topological polar surface area (TPSA) is 6.48 Å². The molecule has 2 aliphatic rings. The molecule has 36 heavy (non-hydrogen) atoms. The van der Waals surface area contributed by atoms with E-state index >= 15 is 0 Å². The molecule has 6 rings (SSSR count). The molecule has 4 aromatic carbocycles. The van der Waals surface area contributed by atoms with E-state index in [1.807, 2.05) is 0 Å². The molecular weight excluding hydrogens is 436 g/mol. The Bertz CT molecular complexity index is 1310. The van der Waals surface area contributed by atoms with Gasteiger partial charge < -0.3 is 9.80 Å². The minimum Gasteiger partial charge on any atom is -0.365 e. The average Bonchev–Trinajstić information content (AvgIpc) is 3.56. The third-order valence-corrected chi connectivity index (χ3v) is 7.84. The highest BCUT2D eigenvalue weighted by Crippen LogP contribution is 2.42. The first-order valence-corrected chi connectivity index (χ1v) is 12.8. The van der Waals surface area contributed by atoms with Crippen LogP contribution in [-0.2, 0) is 12.8 Å². The van der Waals surface area contributed by atoms with Gasteiger partial charge in [0.05, 0.1) is 12.1 Å². The molecule has 2 unspecified atom stereocenters. The summed E-state index contributed by atoms with van der Waals surface area (Å²) >= 11 is 0. The molecule has 4 aromatic rings. The SMILES string of the molecule is CN(c1ccccc1)C(C1=CCc2ccccc21)C(C1=CCc2ccccc21)N(C)c1ccccc1. The van der Waals surface area contributed by atoms with E-state index in [1.165, 1.54) is 44.8 Å². The highest BCUT2D eigenvalue weighted by Gasteiger charge is 2.39. The summed E-state index contributed by atoms with van der Waals surface area (Å²) in [6.45, 7) is 0. The zero-order valence-corrected chi connectivity index (χ0v) is 21.0. The van der Waals surface area contributed by atoms with Crippen molar-refractivity contribution in [3.8, 4) is 0 Å². The second-order valence-electron chi connectivity index (χ2n) is 9.82. The Morgan fingerprint density at radius 3 is 1.25 bits per heavy atom. The van der Waals surface area contributed by atoms with Crippen molar-refractivity contribution in [2.45, 2.75) is 24.9 Å². The standard InChI is InChI=1S/C34H32N2/c1-35(27-15-5-3-6-16-27)33(31-23-21-25-13-9-11-19-29(25)31)34(36(2)28-17-7-4-8-18-28)32-24-22-26-14-10-12-20-30(26)32/h3-20,23-24,33-34H,21-22H2,1-2H3. The van der Waals surface area contributed by atoms with Crippen molar-refractivity contribution >= 4 is 22.5 Å². The summed E-state index contributed by atoms with van der Waals surface area (Å²) in [4.78, 5) is 4.97. The number of benzene rings is 4. The van der Waals surface area contributed by atoms with E-state index < -0.39 is 0 Å². The molecule has 0 N–H and O–H groups in total. The van der Waals surface area contributed by atoms with Crippen LogP contribution in [0.5, 0.6) is 0 Å². The van der Waals surface area contributed by atoms with Gasteiger partial charge in [-0.3, -0.25) is 0 Å². The third-order valence-electron chi connectivity index (χ3n) is 7.84. The molecule has 0 amide bonds. The lowest BCUT2D eigenvalue weighted by molar-refractivity contribution is 0.655. The molecular formula is C34H32N2. The van der Waals surface area contributed by atoms with Gasteiger partial charge in [-0.05, 0) is 70.5 Å². The summed E-state index contributed by atoms with van der Waals surface area (Å²) in [7, 11) is 4.52. The predicted octanol–water partition coefficient (Wildman–Crippen LogP) is 7.28. The van der Waals surface area contributed by atoms with Crippen LogP contribution >= 0.6 is 0 Å². The fraction of sp³-hybridized carbons (Fsp3) is 0.176. The Balaban J connectivity index is 1.55. The number of fused-ring (bicyclic) bond motifs is 2. The molecule has 2 aliphatic carbocycles. The van der Waals surface area contributed by atoms with Crippen LogP contribution in [0.25, 0.3) is 11.1 Å². The van der Waals surface area contributed by atoms with Crippen molar-refractivity contribution in [3.63, 3.8) is 0 Å². The number of hydrogen-bond acceptors (Lipinski definition) is 2. The summed E-state index contributed by atoms with van der Waals surface area (Å²) in [6.07, 6.45) is 6.90. The van der Waals surface area contributed by atoms with Crippen LogP contribution in [0.4, 0.5) is 11.4 Å². The Hall–Kier alpha value is -4.04. The minimum atomic E-state index is 0.124. The Kier molecular flexibility index (Phi) is 5.95. The molecule has 0 fully saturated rings. The first-order chi connectivity index (χ1) is 17.7. The molecule has 0 aliphatic heterocycles. The van der Waals surface area contributed by atoms with Crippen molar-refractivity contribution in [1.82, 2.24) is 0 Å². The number of hydrogen-bond donors (Lipinski definition) is 0. The van der Waals surface area contributed by atoms with Crippen LogP contribution in [0.15, 0.2) is 121 Å². The maximum absolute atomic E-state index is 2.49. The highest BCUT2D eigenvalue weighted by molar-refractivity contribution is 5.87. The Morgan fingerprint density at radius 1 is 0.472 bits per heavy atom. The van der Waals surface area contributed by atoms with E-state index in [1.54, 1.807) is 0 Å². The van der Waals surface area contributed by atoms with E-state index in [0.717, 1.165) is 12.8 Å². The highest BCUT2D eigenvalue weighted by atomic mass is 15.2. The first kappa shape index (κ1) is 22.4. The fourth-order valence-corrected chi connectivity index (χ4v) is 6.01. The molecule has 0 aromatic heterocycles. The quantitative estimate of drug-likeness (QED) is 0.281. The molecule has 0 saturated heterocycles. The van der Waals surface area contributed by atoms with Gasteiger partial charge in [0.2, 0.25) is 0 Å². The van der Waals surface area contributed by atoms with E-state index in [9.17, 15) is 0 Å². The molecule has 2 nitrogen and oxygen atoms in total. The predicted molar refractivity (Wildman–Crippen MR) is 154 cm³/mol. The number of nitrogens with zero attached hydrogens (tertiary/aromatic N) is 2. The monoisotopic (exact) mass is 468 g/mol. The van der Waals surface area contributed by atoms with Crippen LogP contribution in [0.1, 0.15) is 22.3 Å². The molecule has 178 valence electrons. The van der Waals surface area contributed by atoms with Gasteiger partial charge in [0.1, 0.15) is 0 Å². The molecule has 0 saturated carbocycles. The number of likely N-dealkylation sites (N-methyl/N-ethyl adjacent to an activating group) is 2. The number of anilines is 2. The summed E-state index contributed by atoms with van der Waals surface area (Å²) in [5.41, 5.74) is 10.9. The van der Waals surface area contributed by atoms with Crippen molar-refractivity contribution in [2.24, 2.45) is 0 Å². The molecule has 2 atom stereocenters. The molecule has 0 radical (unpaired) electrons. The zero-order valence-electron chi connectivity index (χ0n) is 21.0. The largest absolute Gasteiger partial charge is 0.365 e. The Morgan fingerprint density at radius 2 is 0.833 bits per heavy atom. The zero-order chi connectivity index (χ0) is 24.5. The van der Waals surface area contributed by atoms with Gasteiger partial charge in [0, 0.05) is 25.5 Å². The van der Waals surface area contributed by atoms with Crippen LogP contribution in [-0.4, -0.2) is 26.2 Å². The lowest BCUT2D eigenvalue weighted by atomic mass is 9.85. The fourth-order valence-electron chi connectivity index (χ4n) is 6.01. The van der Waals surface area contributed by atoms with Crippen molar-refractivity contribution in [2.75, 3.05) is 23.9 Å². The van der Waals surface area contributed by atoms with Gasteiger partial charge in [-0.2, -0.15) is 0 Å². The summed E-state index contributed by atoms with van der Waals surface area (Å²) in [5, 5.41) is 0. The normalized spacial score (nSPS) is 15.4. The minimum absolute atomic E-state index is 0.124. The van der Waals surface area contributed by atoms with Gasteiger partial charge in [0.15, 0.2) is 0 Å². The van der Waals surface area contributed by atoms with E-state index in [2.05, 4.69) is 145 Å². The molecule has 0 spiro atoms. The van der Waals surface area contributed by atoms with Gasteiger partial charge in [-0.25, -0.2) is 0 Å². The third kappa shape index (κ3) is 3.93. The summed E-state index contributed by atoms with van der Waals surface area (Å²) in [6, 6.07) is 39.7. The Labute approximate surface area is 214 Å². The van der Waals surface area contributed by atoms with E-state index in [4.69, 9.17) is 0 Å². The van der Waals surface area contributed by atoms with Crippen LogP contribution in [0, 0.1) is 0 Å². The van der Waals surface area contributed by atoms with Gasteiger partial charge in [0.25, 0.3) is 0 Å². The van der Waals surface area contributed by atoms with Crippen molar-refractivity contribution in [3.05, 3.63) is 144 Å². The van der Waals surface area contributed by atoms with Crippen molar-refractivity contribution < 1.29 is 0 Å². The first-order valence-electron chi connectivity index (χ1n) is 12.8. The van der Waals surface area contributed by atoms with Crippen molar-refractivity contribution in [1.29, 1.82) is 0 Å². The second-order valence-corrected chi connectivity index (χ2v) is 9.82. The second kappa shape index (κ2) is 9.54. The van der Waals surface area contributed by atoms with E-state index in [-0.39, 0.29) is 12.1 Å². The van der Waals surface area contributed by atoms with Gasteiger partial charge in [-0.1, -0.05) is 97.1 Å². The lowest BCUT2D eigenvalue weighted by Gasteiger charge is -2.43. The molecule has 0 bridgehead atoms. The van der Waals surface area contributed by atoms with Gasteiger partial charge >= 0.3 is 0 Å².